The number of aryl methyl sites for hydroxylation is 1. The molecule has 4 nitrogen and oxygen atoms in total. The van der Waals surface area contributed by atoms with Gasteiger partial charge in [0.2, 0.25) is 0 Å². The SMILES string of the molecule is CCCn1cncc1C(O)CO. The molecule has 0 spiro atoms. The number of imidazole rings is 1. The van der Waals surface area contributed by atoms with Crippen molar-refractivity contribution in [3.05, 3.63) is 18.2 Å². The number of hydrogen-bond acceptors (Lipinski definition) is 3. The fourth-order valence-electron chi connectivity index (χ4n) is 1.13. The molecule has 0 amide bonds. The van der Waals surface area contributed by atoms with Crippen LogP contribution in [0.4, 0.5) is 0 Å². The Labute approximate surface area is 71.5 Å². The molecule has 68 valence electrons. The van der Waals surface area contributed by atoms with E-state index in [0.717, 1.165) is 13.0 Å². The molecule has 0 saturated carbocycles. The van der Waals surface area contributed by atoms with E-state index < -0.39 is 6.10 Å². The molecule has 0 aromatic carbocycles. The van der Waals surface area contributed by atoms with Crippen LogP contribution in [0.3, 0.4) is 0 Å². The summed E-state index contributed by atoms with van der Waals surface area (Å²) in [5, 5.41) is 18.0. The van der Waals surface area contributed by atoms with E-state index >= 15 is 0 Å². The molecule has 1 aromatic rings. The average Bonchev–Trinajstić information content (AvgIpc) is 2.52. The zero-order valence-electron chi connectivity index (χ0n) is 7.14. The molecule has 12 heavy (non-hydrogen) atoms. The van der Waals surface area contributed by atoms with E-state index in [1.54, 1.807) is 12.5 Å². The summed E-state index contributed by atoms with van der Waals surface area (Å²) in [4.78, 5) is 3.90. The minimum Gasteiger partial charge on any atom is -0.393 e. The number of aliphatic hydroxyl groups excluding tert-OH is 2. The van der Waals surface area contributed by atoms with Crippen molar-refractivity contribution in [2.45, 2.75) is 26.0 Å². The lowest BCUT2D eigenvalue weighted by atomic mass is 10.3. The molecular formula is C8H14N2O2. The van der Waals surface area contributed by atoms with Crippen molar-refractivity contribution >= 4 is 0 Å². The molecule has 4 heteroatoms. The Balaban J connectivity index is 2.76. The number of hydrogen-bond donors (Lipinski definition) is 2. The predicted octanol–water partition coefficient (Wildman–Crippen LogP) is 0.319. The molecule has 0 radical (unpaired) electrons. The van der Waals surface area contributed by atoms with Gasteiger partial charge in [0, 0.05) is 6.54 Å². The Morgan fingerprint density at radius 2 is 2.42 bits per heavy atom. The lowest BCUT2D eigenvalue weighted by Gasteiger charge is -2.09. The maximum atomic E-state index is 9.31. The maximum absolute atomic E-state index is 9.31. The fraction of sp³-hybridized carbons (Fsp3) is 0.625. The maximum Gasteiger partial charge on any atom is 0.118 e. The number of aromatic nitrogens is 2. The molecule has 0 fully saturated rings. The zero-order chi connectivity index (χ0) is 8.97. The van der Waals surface area contributed by atoms with Crippen LogP contribution in [0.25, 0.3) is 0 Å². The summed E-state index contributed by atoms with van der Waals surface area (Å²) >= 11 is 0. The van der Waals surface area contributed by atoms with Crippen molar-refractivity contribution in [2.75, 3.05) is 6.61 Å². The second-order valence-corrected chi connectivity index (χ2v) is 2.71. The van der Waals surface area contributed by atoms with Gasteiger partial charge in [-0.05, 0) is 6.42 Å². The molecule has 0 aliphatic rings. The third-order valence-electron chi connectivity index (χ3n) is 1.72. The zero-order valence-corrected chi connectivity index (χ0v) is 7.14. The first kappa shape index (κ1) is 9.22. The summed E-state index contributed by atoms with van der Waals surface area (Å²) in [6.45, 7) is 2.62. The van der Waals surface area contributed by atoms with Crippen LogP contribution in [0.1, 0.15) is 25.1 Å². The Bertz CT molecular complexity index is 235. The highest BCUT2D eigenvalue weighted by Crippen LogP contribution is 2.11. The van der Waals surface area contributed by atoms with Crippen molar-refractivity contribution in [3.63, 3.8) is 0 Å². The fourth-order valence-corrected chi connectivity index (χ4v) is 1.13. The van der Waals surface area contributed by atoms with Gasteiger partial charge in [0.15, 0.2) is 0 Å². The minimum atomic E-state index is -0.806. The topological polar surface area (TPSA) is 58.3 Å². The van der Waals surface area contributed by atoms with Crippen molar-refractivity contribution in [1.82, 2.24) is 9.55 Å². The second kappa shape index (κ2) is 4.23. The molecule has 1 unspecified atom stereocenters. The van der Waals surface area contributed by atoms with Crippen molar-refractivity contribution in [1.29, 1.82) is 0 Å². The molecule has 1 atom stereocenters. The van der Waals surface area contributed by atoms with Crippen LogP contribution in [0.15, 0.2) is 12.5 Å². The van der Waals surface area contributed by atoms with Crippen LogP contribution >= 0.6 is 0 Å². The highest BCUT2D eigenvalue weighted by Gasteiger charge is 2.10. The van der Waals surface area contributed by atoms with Gasteiger partial charge in [-0.2, -0.15) is 0 Å². The van der Waals surface area contributed by atoms with E-state index in [4.69, 9.17) is 5.11 Å². The van der Waals surface area contributed by atoms with Crippen molar-refractivity contribution in [2.24, 2.45) is 0 Å². The Kier molecular flexibility index (Phi) is 3.25. The highest BCUT2D eigenvalue weighted by molar-refractivity contribution is 5.02. The lowest BCUT2D eigenvalue weighted by molar-refractivity contribution is 0.0891. The van der Waals surface area contributed by atoms with Crippen molar-refractivity contribution < 1.29 is 10.2 Å². The first-order valence-electron chi connectivity index (χ1n) is 4.08. The van der Waals surface area contributed by atoms with Gasteiger partial charge in [0.1, 0.15) is 6.10 Å². The van der Waals surface area contributed by atoms with Gasteiger partial charge in [-0.3, -0.25) is 0 Å². The average molecular weight is 170 g/mol. The summed E-state index contributed by atoms with van der Waals surface area (Å²) < 4.78 is 1.85. The monoisotopic (exact) mass is 170 g/mol. The van der Waals surface area contributed by atoms with Crippen LogP contribution < -0.4 is 0 Å². The van der Waals surface area contributed by atoms with Gasteiger partial charge >= 0.3 is 0 Å². The Morgan fingerprint density at radius 1 is 1.67 bits per heavy atom. The van der Waals surface area contributed by atoms with Crippen LogP contribution in [0, 0.1) is 0 Å². The first-order chi connectivity index (χ1) is 5.79. The summed E-state index contributed by atoms with van der Waals surface area (Å²) in [5.41, 5.74) is 0.680. The molecule has 1 heterocycles. The molecule has 2 N–H and O–H groups in total. The quantitative estimate of drug-likeness (QED) is 0.684. The summed E-state index contributed by atoms with van der Waals surface area (Å²) in [7, 11) is 0. The largest absolute Gasteiger partial charge is 0.393 e. The van der Waals surface area contributed by atoms with Crippen LogP contribution in [-0.4, -0.2) is 26.4 Å². The Hall–Kier alpha value is -0.870. The van der Waals surface area contributed by atoms with E-state index in [0.29, 0.717) is 5.69 Å². The second-order valence-electron chi connectivity index (χ2n) is 2.71. The van der Waals surface area contributed by atoms with E-state index in [1.165, 1.54) is 0 Å². The third kappa shape index (κ3) is 1.84. The molecule has 0 saturated heterocycles. The van der Waals surface area contributed by atoms with Crippen LogP contribution in [0.2, 0.25) is 0 Å². The summed E-state index contributed by atoms with van der Waals surface area (Å²) in [6.07, 6.45) is 3.43. The van der Waals surface area contributed by atoms with E-state index in [-0.39, 0.29) is 6.61 Å². The number of nitrogens with zero attached hydrogens (tertiary/aromatic N) is 2. The third-order valence-corrected chi connectivity index (χ3v) is 1.72. The minimum absolute atomic E-state index is 0.255. The smallest absolute Gasteiger partial charge is 0.118 e. The Morgan fingerprint density at radius 3 is 3.00 bits per heavy atom. The normalized spacial score (nSPS) is 13.2. The predicted molar refractivity (Wildman–Crippen MR) is 44.6 cm³/mol. The molecule has 1 rings (SSSR count). The molecular weight excluding hydrogens is 156 g/mol. The van der Waals surface area contributed by atoms with Gasteiger partial charge in [-0.15, -0.1) is 0 Å². The van der Waals surface area contributed by atoms with Crippen molar-refractivity contribution in [3.8, 4) is 0 Å². The van der Waals surface area contributed by atoms with Gasteiger partial charge in [0.25, 0.3) is 0 Å². The molecule has 0 bridgehead atoms. The van der Waals surface area contributed by atoms with Gasteiger partial charge in [-0.1, -0.05) is 6.92 Å². The summed E-state index contributed by atoms with van der Waals surface area (Å²) in [5.74, 6) is 0. The lowest BCUT2D eigenvalue weighted by Crippen LogP contribution is -2.09. The van der Waals surface area contributed by atoms with Gasteiger partial charge < -0.3 is 14.8 Å². The standard InChI is InChI=1S/C8H14N2O2/c1-2-3-10-6-9-4-7(10)8(12)5-11/h4,6,8,11-12H,2-3,5H2,1H3. The van der Waals surface area contributed by atoms with E-state index in [9.17, 15) is 5.11 Å². The first-order valence-corrected chi connectivity index (χ1v) is 4.08. The van der Waals surface area contributed by atoms with E-state index in [2.05, 4.69) is 11.9 Å². The van der Waals surface area contributed by atoms with Crippen LogP contribution in [-0.2, 0) is 6.54 Å². The summed E-state index contributed by atoms with van der Waals surface area (Å²) in [6, 6.07) is 0. The molecule has 0 aliphatic heterocycles. The molecule has 1 aromatic heterocycles. The number of aliphatic hydroxyl groups is 2. The molecule has 0 aliphatic carbocycles. The van der Waals surface area contributed by atoms with E-state index in [1.807, 2.05) is 4.57 Å². The van der Waals surface area contributed by atoms with Crippen LogP contribution in [0.5, 0.6) is 0 Å². The van der Waals surface area contributed by atoms with Gasteiger partial charge in [0.05, 0.1) is 24.8 Å². The number of rotatable bonds is 4. The highest BCUT2D eigenvalue weighted by atomic mass is 16.3. The van der Waals surface area contributed by atoms with Gasteiger partial charge in [-0.25, -0.2) is 4.98 Å².